The maximum atomic E-state index is 12.7. The van der Waals surface area contributed by atoms with Crippen molar-refractivity contribution >= 4 is 11.9 Å². The molecule has 2 saturated carbocycles. The second kappa shape index (κ2) is 7.76. The van der Waals surface area contributed by atoms with Gasteiger partial charge in [-0.05, 0) is 62.3 Å². The first-order valence-electron chi connectivity index (χ1n) is 10.2. The van der Waals surface area contributed by atoms with Gasteiger partial charge in [0.15, 0.2) is 0 Å². The lowest BCUT2D eigenvalue weighted by molar-refractivity contribution is -0.169. The van der Waals surface area contributed by atoms with Gasteiger partial charge in [0.05, 0.1) is 25.1 Å². The topological polar surface area (TPSA) is 65.7 Å². The third kappa shape index (κ3) is 3.51. The summed E-state index contributed by atoms with van der Waals surface area (Å²) in [4.78, 5) is 24.4. The van der Waals surface area contributed by atoms with E-state index in [1.807, 2.05) is 6.07 Å². The van der Waals surface area contributed by atoms with Crippen LogP contribution in [-0.2, 0) is 19.1 Å². The molecule has 3 rings (SSSR count). The van der Waals surface area contributed by atoms with Crippen LogP contribution in [-0.4, -0.2) is 19.0 Å². The van der Waals surface area contributed by atoms with Crippen molar-refractivity contribution in [3.05, 3.63) is 36.3 Å². The maximum Gasteiger partial charge on any atom is 0.311 e. The van der Waals surface area contributed by atoms with Crippen molar-refractivity contribution in [1.82, 2.24) is 0 Å². The molecule has 5 nitrogen and oxygen atoms in total. The van der Waals surface area contributed by atoms with Gasteiger partial charge >= 0.3 is 11.9 Å². The molecule has 0 aliphatic heterocycles. The molecule has 1 aromatic rings. The van der Waals surface area contributed by atoms with E-state index >= 15 is 0 Å². The van der Waals surface area contributed by atoms with E-state index in [1.165, 1.54) is 19.6 Å². The Labute approximate surface area is 167 Å². The van der Waals surface area contributed by atoms with Gasteiger partial charge in [0.25, 0.3) is 0 Å². The molecule has 2 aliphatic rings. The molecule has 0 spiro atoms. The van der Waals surface area contributed by atoms with Crippen LogP contribution < -0.4 is 0 Å². The number of hydrogen-bond acceptors (Lipinski definition) is 5. The van der Waals surface area contributed by atoms with Gasteiger partial charge in [-0.15, -0.1) is 0 Å². The number of methoxy groups -OCH3 is 1. The number of furan rings is 1. The smallest absolute Gasteiger partial charge is 0.311 e. The Morgan fingerprint density at radius 2 is 2.11 bits per heavy atom. The number of ether oxygens (including phenoxy) is 2. The highest BCUT2D eigenvalue weighted by molar-refractivity contribution is 5.77. The summed E-state index contributed by atoms with van der Waals surface area (Å²) in [5.74, 6) is -0.0350. The third-order valence-electron chi connectivity index (χ3n) is 7.34. The summed E-state index contributed by atoms with van der Waals surface area (Å²) >= 11 is 0. The predicted octanol–water partition coefficient (Wildman–Crippen LogP) is 5.23. The molecule has 0 amide bonds. The van der Waals surface area contributed by atoms with E-state index in [4.69, 9.17) is 13.9 Å². The average Bonchev–Trinajstić information content (AvgIpc) is 3.17. The number of carbonyl (C=O) groups is 2. The van der Waals surface area contributed by atoms with Crippen LogP contribution in [0.1, 0.15) is 71.0 Å². The van der Waals surface area contributed by atoms with Gasteiger partial charge in [-0.3, -0.25) is 9.59 Å². The van der Waals surface area contributed by atoms with Gasteiger partial charge in [-0.2, -0.15) is 0 Å². The number of fused-ring (bicyclic) bond motifs is 1. The van der Waals surface area contributed by atoms with Crippen molar-refractivity contribution in [2.24, 2.45) is 22.7 Å². The largest absolute Gasteiger partial charge is 0.472 e. The fourth-order valence-electron chi connectivity index (χ4n) is 5.99. The molecule has 2 fully saturated rings. The summed E-state index contributed by atoms with van der Waals surface area (Å²) < 4.78 is 16.1. The molecule has 1 aromatic heterocycles. The van der Waals surface area contributed by atoms with Gasteiger partial charge in [-0.1, -0.05) is 25.5 Å². The van der Waals surface area contributed by atoms with E-state index in [0.717, 1.165) is 37.7 Å². The first-order chi connectivity index (χ1) is 13.2. The van der Waals surface area contributed by atoms with Crippen LogP contribution >= 0.6 is 0 Å². The Bertz CT molecular complexity index is 736. The van der Waals surface area contributed by atoms with Crippen molar-refractivity contribution in [3.8, 4) is 0 Å². The molecule has 0 N–H and O–H groups in total. The molecular weight excluding hydrogens is 356 g/mol. The first kappa shape index (κ1) is 20.7. The van der Waals surface area contributed by atoms with E-state index in [0.29, 0.717) is 6.42 Å². The summed E-state index contributed by atoms with van der Waals surface area (Å²) in [6.07, 6.45) is 8.21. The highest BCUT2D eigenvalue weighted by Crippen LogP contribution is 2.62. The summed E-state index contributed by atoms with van der Waals surface area (Å²) in [7, 11) is 1.48. The van der Waals surface area contributed by atoms with Crippen LogP contribution in [0.4, 0.5) is 0 Å². The van der Waals surface area contributed by atoms with E-state index in [1.54, 1.807) is 12.5 Å². The Morgan fingerprint density at radius 1 is 1.36 bits per heavy atom. The molecule has 0 unspecified atom stereocenters. The van der Waals surface area contributed by atoms with Crippen molar-refractivity contribution in [2.75, 3.05) is 7.11 Å². The second-order valence-corrected chi connectivity index (χ2v) is 8.96. The SMILES string of the molecule is C=C1CC[C@@H]2[C@](C)(CCC[C@]2(C)C(=O)OC)[C@H]1C[C@@H](OC(C)=O)c1ccoc1. The summed E-state index contributed by atoms with van der Waals surface area (Å²) in [5.41, 5.74) is 1.49. The molecule has 1 heterocycles. The van der Waals surface area contributed by atoms with Crippen molar-refractivity contribution < 1.29 is 23.5 Å². The monoisotopic (exact) mass is 388 g/mol. The highest BCUT2D eigenvalue weighted by atomic mass is 16.5. The quantitative estimate of drug-likeness (QED) is 0.511. The summed E-state index contributed by atoms with van der Waals surface area (Å²) in [6, 6.07) is 1.85. The molecular formula is C23H32O5. The highest BCUT2D eigenvalue weighted by Gasteiger charge is 2.58. The average molecular weight is 389 g/mol. The van der Waals surface area contributed by atoms with E-state index in [9.17, 15) is 9.59 Å². The normalized spacial score (nSPS) is 33.6. The van der Waals surface area contributed by atoms with E-state index in [2.05, 4.69) is 20.4 Å². The number of carbonyl (C=O) groups excluding carboxylic acids is 2. The van der Waals surface area contributed by atoms with E-state index < -0.39 is 5.41 Å². The van der Waals surface area contributed by atoms with Crippen LogP contribution in [0, 0.1) is 22.7 Å². The lowest BCUT2D eigenvalue weighted by Crippen LogP contribution is -2.53. The number of rotatable bonds is 5. The molecule has 5 atom stereocenters. The minimum Gasteiger partial charge on any atom is -0.472 e. The van der Waals surface area contributed by atoms with Crippen LogP contribution in [0.15, 0.2) is 35.2 Å². The van der Waals surface area contributed by atoms with E-state index in [-0.39, 0.29) is 35.3 Å². The Morgan fingerprint density at radius 3 is 2.71 bits per heavy atom. The van der Waals surface area contributed by atoms with Crippen molar-refractivity contribution in [1.29, 1.82) is 0 Å². The molecule has 154 valence electrons. The number of allylic oxidation sites excluding steroid dienone is 1. The van der Waals surface area contributed by atoms with Crippen LogP contribution in [0.25, 0.3) is 0 Å². The first-order valence-corrected chi connectivity index (χ1v) is 10.2. The van der Waals surface area contributed by atoms with Crippen LogP contribution in [0.5, 0.6) is 0 Å². The fraction of sp³-hybridized carbons (Fsp3) is 0.652. The lowest BCUT2D eigenvalue weighted by atomic mass is 9.46. The van der Waals surface area contributed by atoms with Crippen molar-refractivity contribution in [3.63, 3.8) is 0 Å². The summed E-state index contributed by atoms with van der Waals surface area (Å²) in [6.45, 7) is 10.2. The van der Waals surface area contributed by atoms with Gasteiger partial charge in [0.1, 0.15) is 6.10 Å². The zero-order valence-corrected chi connectivity index (χ0v) is 17.5. The van der Waals surface area contributed by atoms with Crippen LogP contribution in [0.3, 0.4) is 0 Å². The Hall–Kier alpha value is -2.04. The number of hydrogen-bond donors (Lipinski definition) is 0. The molecule has 5 heteroatoms. The minimum atomic E-state index is -0.479. The maximum absolute atomic E-state index is 12.7. The van der Waals surface area contributed by atoms with Gasteiger partial charge < -0.3 is 13.9 Å². The van der Waals surface area contributed by atoms with Crippen molar-refractivity contribution in [2.45, 2.75) is 65.4 Å². The Balaban J connectivity index is 1.94. The second-order valence-electron chi connectivity index (χ2n) is 8.96. The minimum absolute atomic E-state index is 0.0847. The summed E-state index contributed by atoms with van der Waals surface area (Å²) in [5, 5.41) is 0. The number of esters is 2. The van der Waals surface area contributed by atoms with Gasteiger partial charge in [0.2, 0.25) is 0 Å². The molecule has 0 aromatic carbocycles. The molecule has 0 bridgehead atoms. The molecule has 2 aliphatic carbocycles. The standard InChI is InChI=1S/C23H32O5/c1-15-7-8-20-22(3,10-6-11-23(20,4)21(25)26-5)18(15)13-19(28-16(2)24)17-9-12-27-14-17/h9,12,14,18-20H,1,6-8,10-11,13H2,2-5H3/t18-,19+,20+,22+,23-/m0/s1. The predicted molar refractivity (Wildman–Crippen MR) is 105 cm³/mol. The third-order valence-corrected chi connectivity index (χ3v) is 7.34. The van der Waals surface area contributed by atoms with Crippen LogP contribution in [0.2, 0.25) is 0 Å². The Kier molecular flexibility index (Phi) is 5.74. The zero-order chi connectivity index (χ0) is 20.5. The fourth-order valence-corrected chi connectivity index (χ4v) is 5.99. The van der Waals surface area contributed by atoms with Gasteiger partial charge in [0, 0.05) is 12.5 Å². The lowest BCUT2D eigenvalue weighted by Gasteiger charge is -2.57. The molecule has 0 radical (unpaired) electrons. The molecule has 28 heavy (non-hydrogen) atoms. The zero-order valence-electron chi connectivity index (χ0n) is 17.5. The molecule has 0 saturated heterocycles. The van der Waals surface area contributed by atoms with Gasteiger partial charge in [-0.25, -0.2) is 0 Å².